The first-order valence-corrected chi connectivity index (χ1v) is 6.65. The van der Waals surface area contributed by atoms with Gasteiger partial charge in [0.1, 0.15) is 5.82 Å². The number of anilines is 1. The maximum atomic E-state index is 13.1. The van der Waals surface area contributed by atoms with Gasteiger partial charge in [-0.25, -0.2) is 9.40 Å². The van der Waals surface area contributed by atoms with Crippen molar-refractivity contribution in [2.75, 3.05) is 37.6 Å². The van der Waals surface area contributed by atoms with E-state index in [2.05, 4.69) is 32.5 Å². The molecule has 1 aromatic heterocycles. The number of H-pyrrole nitrogens is 1. The Morgan fingerprint density at radius 2 is 2.11 bits per heavy atom. The third kappa shape index (κ3) is 2.41. The van der Waals surface area contributed by atoms with Gasteiger partial charge in [0.15, 0.2) is 5.82 Å². The van der Waals surface area contributed by atoms with Crippen molar-refractivity contribution in [2.24, 2.45) is 0 Å². The number of aromatic amines is 1. The normalized spacial score (nSPS) is 17.3. The predicted octanol–water partition coefficient (Wildman–Crippen LogP) is 1.35. The Morgan fingerprint density at radius 1 is 1.32 bits per heavy atom. The number of nitrogens with one attached hydrogen (secondary N) is 2. The van der Waals surface area contributed by atoms with Crippen LogP contribution >= 0.6 is 0 Å². The van der Waals surface area contributed by atoms with Crippen LogP contribution in [0.5, 0.6) is 0 Å². The van der Waals surface area contributed by atoms with Crippen molar-refractivity contribution in [2.45, 2.75) is 6.92 Å². The van der Waals surface area contributed by atoms with Crippen LogP contribution < -0.4 is 10.3 Å². The van der Waals surface area contributed by atoms with Crippen LogP contribution in [-0.2, 0) is 0 Å². The van der Waals surface area contributed by atoms with Gasteiger partial charge in [0.2, 0.25) is 0 Å². The molecule has 19 heavy (non-hydrogen) atoms. The number of aromatic nitrogens is 2. The Labute approximate surface area is 111 Å². The summed E-state index contributed by atoms with van der Waals surface area (Å²) in [5, 5.41) is 10.4. The van der Waals surface area contributed by atoms with Crippen LogP contribution in [0.1, 0.15) is 6.92 Å². The fourth-order valence-electron chi connectivity index (χ4n) is 2.52. The Hall–Kier alpha value is -1.66. The van der Waals surface area contributed by atoms with Gasteiger partial charge in [-0.1, -0.05) is 6.92 Å². The maximum Gasteiger partial charge on any atom is 0.158 e. The van der Waals surface area contributed by atoms with E-state index in [1.54, 1.807) is 6.07 Å². The average molecular weight is 263 g/mol. The summed E-state index contributed by atoms with van der Waals surface area (Å²) in [5.74, 6) is 0.686. The molecule has 2 N–H and O–H groups in total. The molecule has 3 rings (SSSR count). The lowest BCUT2D eigenvalue weighted by Crippen LogP contribution is -2.52. The Balaban J connectivity index is 1.78. The summed E-state index contributed by atoms with van der Waals surface area (Å²) in [7, 11) is 0. The first kappa shape index (κ1) is 12.4. The van der Waals surface area contributed by atoms with Gasteiger partial charge in [0.05, 0.1) is 5.52 Å². The Morgan fingerprint density at radius 3 is 2.84 bits per heavy atom. The van der Waals surface area contributed by atoms with Gasteiger partial charge in [-0.15, -0.1) is 0 Å². The first-order chi connectivity index (χ1) is 9.28. The van der Waals surface area contributed by atoms with E-state index in [4.69, 9.17) is 0 Å². The largest absolute Gasteiger partial charge is 0.352 e. The summed E-state index contributed by atoms with van der Waals surface area (Å²) in [6.07, 6.45) is 0. The molecule has 2 heterocycles. The molecule has 102 valence electrons. The minimum atomic E-state index is -0.236. The van der Waals surface area contributed by atoms with Crippen LogP contribution in [0.25, 0.3) is 10.9 Å². The molecule has 0 unspecified atom stereocenters. The van der Waals surface area contributed by atoms with Gasteiger partial charge in [-0.3, -0.25) is 10.5 Å². The van der Waals surface area contributed by atoms with Gasteiger partial charge >= 0.3 is 0 Å². The van der Waals surface area contributed by atoms with Crippen LogP contribution in [0.3, 0.4) is 0 Å². The molecule has 0 amide bonds. The summed E-state index contributed by atoms with van der Waals surface area (Å²) in [4.78, 5) is 2.24. The maximum absolute atomic E-state index is 13.1. The molecular formula is C13H18FN5. The van der Waals surface area contributed by atoms with Crippen molar-refractivity contribution in [3.63, 3.8) is 0 Å². The van der Waals surface area contributed by atoms with Crippen LogP contribution in [0.4, 0.5) is 10.2 Å². The van der Waals surface area contributed by atoms with Crippen molar-refractivity contribution in [3.05, 3.63) is 24.0 Å². The van der Waals surface area contributed by atoms with Crippen molar-refractivity contribution >= 4 is 16.7 Å². The number of fused-ring (bicyclic) bond motifs is 1. The Kier molecular flexibility index (Phi) is 3.35. The second-order valence-corrected chi connectivity index (χ2v) is 4.72. The summed E-state index contributed by atoms with van der Waals surface area (Å²) in [6, 6.07) is 4.76. The Bertz CT molecular complexity index is 559. The molecule has 0 radical (unpaired) electrons. The van der Waals surface area contributed by atoms with Gasteiger partial charge in [-0.05, 0) is 18.2 Å². The molecule has 0 saturated carbocycles. The first-order valence-electron chi connectivity index (χ1n) is 6.65. The number of hydrogen-bond donors (Lipinski definition) is 2. The van der Waals surface area contributed by atoms with E-state index in [1.807, 2.05) is 0 Å². The lowest BCUT2D eigenvalue weighted by molar-refractivity contribution is 0.181. The van der Waals surface area contributed by atoms with Gasteiger partial charge in [0, 0.05) is 38.1 Å². The molecule has 1 aromatic carbocycles. The SMILES string of the molecule is CCNN1CCN(c2n[nH]c3cc(F)ccc23)CC1. The number of halogens is 1. The molecule has 0 atom stereocenters. The molecule has 1 fully saturated rings. The second-order valence-electron chi connectivity index (χ2n) is 4.72. The third-order valence-electron chi connectivity index (χ3n) is 3.47. The monoisotopic (exact) mass is 263 g/mol. The number of hydrazine groups is 1. The highest BCUT2D eigenvalue weighted by Gasteiger charge is 2.20. The van der Waals surface area contributed by atoms with Gasteiger partial charge in [-0.2, -0.15) is 5.10 Å². The van der Waals surface area contributed by atoms with E-state index in [9.17, 15) is 4.39 Å². The highest BCUT2D eigenvalue weighted by Crippen LogP contribution is 2.25. The molecule has 0 aliphatic carbocycles. The zero-order chi connectivity index (χ0) is 13.2. The van der Waals surface area contributed by atoms with Crippen LogP contribution in [0, 0.1) is 5.82 Å². The molecule has 6 heteroatoms. The van der Waals surface area contributed by atoms with Crippen LogP contribution in [-0.4, -0.2) is 47.9 Å². The highest BCUT2D eigenvalue weighted by atomic mass is 19.1. The fourth-order valence-corrected chi connectivity index (χ4v) is 2.52. The second kappa shape index (κ2) is 5.14. The molecule has 5 nitrogen and oxygen atoms in total. The van der Waals surface area contributed by atoms with E-state index in [0.29, 0.717) is 0 Å². The molecule has 0 bridgehead atoms. The topological polar surface area (TPSA) is 47.2 Å². The van der Waals surface area contributed by atoms with Crippen molar-refractivity contribution in [3.8, 4) is 0 Å². The van der Waals surface area contributed by atoms with Crippen molar-refractivity contribution in [1.82, 2.24) is 20.6 Å². The van der Waals surface area contributed by atoms with E-state index < -0.39 is 0 Å². The summed E-state index contributed by atoms with van der Waals surface area (Å²) < 4.78 is 13.1. The quantitative estimate of drug-likeness (QED) is 0.877. The highest BCUT2D eigenvalue weighted by molar-refractivity contribution is 5.90. The number of nitrogens with zero attached hydrogens (tertiary/aromatic N) is 3. The molecule has 1 aliphatic heterocycles. The minimum Gasteiger partial charge on any atom is -0.352 e. The molecule has 0 spiro atoms. The summed E-state index contributed by atoms with van der Waals surface area (Å²) in [5.41, 5.74) is 4.08. The summed E-state index contributed by atoms with van der Waals surface area (Å²) >= 11 is 0. The summed E-state index contributed by atoms with van der Waals surface area (Å²) in [6.45, 7) is 6.81. The molecular weight excluding hydrogens is 245 g/mol. The van der Waals surface area contributed by atoms with E-state index in [1.165, 1.54) is 12.1 Å². The molecule has 2 aromatic rings. The van der Waals surface area contributed by atoms with Crippen molar-refractivity contribution in [1.29, 1.82) is 0 Å². The smallest absolute Gasteiger partial charge is 0.158 e. The van der Waals surface area contributed by atoms with Crippen molar-refractivity contribution < 1.29 is 4.39 Å². The minimum absolute atomic E-state index is 0.236. The van der Waals surface area contributed by atoms with Crippen LogP contribution in [0.15, 0.2) is 18.2 Å². The number of benzene rings is 1. The number of rotatable bonds is 3. The van der Waals surface area contributed by atoms with E-state index in [-0.39, 0.29) is 5.82 Å². The lowest BCUT2D eigenvalue weighted by atomic mass is 10.2. The lowest BCUT2D eigenvalue weighted by Gasteiger charge is -2.34. The standard InChI is InChI=1S/C13H18FN5/c1-2-15-19-7-5-18(6-8-19)13-11-4-3-10(14)9-12(11)16-17-13/h3-4,9,15H,2,5-8H2,1H3,(H,16,17). The van der Waals surface area contributed by atoms with Gasteiger partial charge < -0.3 is 4.90 Å². The predicted molar refractivity (Wildman–Crippen MR) is 73.5 cm³/mol. The zero-order valence-corrected chi connectivity index (χ0v) is 11.0. The molecule has 1 aliphatic rings. The van der Waals surface area contributed by atoms with Crippen LogP contribution in [0.2, 0.25) is 0 Å². The molecule has 1 saturated heterocycles. The number of hydrogen-bond acceptors (Lipinski definition) is 4. The van der Waals surface area contributed by atoms with E-state index >= 15 is 0 Å². The van der Waals surface area contributed by atoms with E-state index in [0.717, 1.165) is 49.4 Å². The fraction of sp³-hybridized carbons (Fsp3) is 0.462. The number of piperazine rings is 1. The average Bonchev–Trinajstić information content (AvgIpc) is 2.83. The zero-order valence-electron chi connectivity index (χ0n) is 11.0. The third-order valence-corrected chi connectivity index (χ3v) is 3.47. The van der Waals surface area contributed by atoms with Gasteiger partial charge in [0.25, 0.3) is 0 Å².